The predicted octanol–water partition coefficient (Wildman–Crippen LogP) is 2.60. The van der Waals surface area contributed by atoms with Gasteiger partial charge >= 0.3 is 0 Å². The first-order chi connectivity index (χ1) is 9.80. The summed E-state index contributed by atoms with van der Waals surface area (Å²) >= 11 is 0. The monoisotopic (exact) mass is 281 g/mol. The normalized spacial score (nSPS) is 22.1. The van der Waals surface area contributed by atoms with Gasteiger partial charge in [0.2, 0.25) is 0 Å². The van der Waals surface area contributed by atoms with Gasteiger partial charge in [0.25, 0.3) is 0 Å². The molecule has 0 unspecified atom stereocenters. The van der Waals surface area contributed by atoms with Crippen molar-refractivity contribution in [3.8, 4) is 0 Å². The van der Waals surface area contributed by atoms with Crippen molar-refractivity contribution in [2.75, 3.05) is 53.4 Å². The number of allylic oxidation sites excluding steroid dienone is 1. The van der Waals surface area contributed by atoms with E-state index >= 15 is 0 Å². The van der Waals surface area contributed by atoms with Crippen LogP contribution in [0.3, 0.4) is 0 Å². The van der Waals surface area contributed by atoms with E-state index in [0.29, 0.717) is 0 Å². The fourth-order valence-electron chi connectivity index (χ4n) is 3.15. The van der Waals surface area contributed by atoms with E-state index in [1.54, 1.807) is 0 Å². The lowest BCUT2D eigenvalue weighted by Gasteiger charge is -2.34. The molecule has 0 aliphatic carbocycles. The maximum atomic E-state index is 3.85. The van der Waals surface area contributed by atoms with Gasteiger partial charge in [0.05, 0.1) is 0 Å². The molecule has 0 saturated carbocycles. The highest BCUT2D eigenvalue weighted by atomic mass is 15.2. The summed E-state index contributed by atoms with van der Waals surface area (Å²) in [5.74, 6) is 0.915. The molecule has 0 spiro atoms. The van der Waals surface area contributed by atoms with Gasteiger partial charge in [-0.05, 0) is 78.3 Å². The number of likely N-dealkylation sites (tertiary alicyclic amines) is 2. The minimum Gasteiger partial charge on any atom is -0.323 e. The fraction of sp³-hybridized carbons (Fsp3) is 0.882. The summed E-state index contributed by atoms with van der Waals surface area (Å²) in [6.45, 7) is 11.7. The quantitative estimate of drug-likeness (QED) is 0.782. The largest absolute Gasteiger partial charge is 0.323 e. The fourth-order valence-corrected chi connectivity index (χ4v) is 3.15. The van der Waals surface area contributed by atoms with E-state index in [1.807, 2.05) is 14.1 Å². The lowest BCUT2D eigenvalue weighted by atomic mass is 9.94. The van der Waals surface area contributed by atoms with E-state index in [0.717, 1.165) is 5.92 Å². The third-order valence-corrected chi connectivity index (χ3v) is 4.39. The molecule has 2 aliphatic rings. The highest BCUT2D eigenvalue weighted by Gasteiger charge is 2.18. The van der Waals surface area contributed by atoms with Crippen LogP contribution in [0.4, 0.5) is 0 Å². The van der Waals surface area contributed by atoms with Crippen LogP contribution in [0.25, 0.3) is 0 Å². The molecule has 0 atom stereocenters. The van der Waals surface area contributed by atoms with Crippen LogP contribution >= 0.6 is 0 Å². The molecule has 2 aliphatic heterocycles. The Kier molecular flexibility index (Phi) is 9.98. The van der Waals surface area contributed by atoms with Crippen molar-refractivity contribution in [2.24, 2.45) is 5.92 Å². The average molecular weight is 281 g/mol. The summed E-state index contributed by atoms with van der Waals surface area (Å²) in [5.41, 5.74) is 0. The standard InChI is InChI=1S/C15H28N2.C2H7N/c1-2-6-15-7-11-17(12-8-15)14-13-16-9-4-3-5-10-16;1-3-2/h2,15H,1,3-14H2;3H,1-2H3. The Bertz CT molecular complexity index is 228. The third-order valence-electron chi connectivity index (χ3n) is 4.39. The topological polar surface area (TPSA) is 18.5 Å². The van der Waals surface area contributed by atoms with Gasteiger partial charge in [-0.25, -0.2) is 0 Å². The van der Waals surface area contributed by atoms with E-state index in [4.69, 9.17) is 0 Å². The summed E-state index contributed by atoms with van der Waals surface area (Å²) in [5, 5.41) is 2.75. The molecule has 2 saturated heterocycles. The Hall–Kier alpha value is -0.380. The molecule has 2 fully saturated rings. The van der Waals surface area contributed by atoms with Gasteiger partial charge in [0.1, 0.15) is 0 Å². The van der Waals surface area contributed by atoms with Crippen LogP contribution in [-0.4, -0.2) is 63.2 Å². The first-order valence-electron chi connectivity index (χ1n) is 8.44. The number of nitrogens with zero attached hydrogens (tertiary/aromatic N) is 2. The summed E-state index contributed by atoms with van der Waals surface area (Å²) in [6, 6.07) is 0. The summed E-state index contributed by atoms with van der Waals surface area (Å²) in [6.07, 6.45) is 10.4. The second-order valence-electron chi connectivity index (χ2n) is 6.21. The maximum Gasteiger partial charge on any atom is 0.0109 e. The molecule has 0 radical (unpaired) electrons. The molecule has 2 rings (SSSR count). The lowest BCUT2D eigenvalue weighted by Crippen LogP contribution is -2.41. The molecule has 1 N–H and O–H groups in total. The van der Waals surface area contributed by atoms with Crippen LogP contribution in [0.5, 0.6) is 0 Å². The van der Waals surface area contributed by atoms with Crippen molar-refractivity contribution in [3.05, 3.63) is 12.7 Å². The van der Waals surface area contributed by atoms with Gasteiger partial charge in [-0.15, -0.1) is 6.58 Å². The van der Waals surface area contributed by atoms with Crippen LogP contribution in [-0.2, 0) is 0 Å². The second-order valence-corrected chi connectivity index (χ2v) is 6.21. The molecule has 0 bridgehead atoms. The summed E-state index contributed by atoms with van der Waals surface area (Å²) in [4.78, 5) is 5.31. The lowest BCUT2D eigenvalue weighted by molar-refractivity contribution is 0.146. The summed E-state index contributed by atoms with van der Waals surface area (Å²) in [7, 11) is 3.75. The molecule has 0 aromatic heterocycles. The minimum absolute atomic E-state index is 0.915. The van der Waals surface area contributed by atoms with Crippen LogP contribution in [0.1, 0.15) is 38.5 Å². The molecule has 3 heteroatoms. The van der Waals surface area contributed by atoms with Crippen LogP contribution in [0.2, 0.25) is 0 Å². The zero-order valence-corrected chi connectivity index (χ0v) is 13.7. The van der Waals surface area contributed by atoms with E-state index in [-0.39, 0.29) is 0 Å². The molecule has 0 amide bonds. The Labute approximate surface area is 126 Å². The van der Waals surface area contributed by atoms with E-state index < -0.39 is 0 Å². The van der Waals surface area contributed by atoms with Crippen molar-refractivity contribution in [1.29, 1.82) is 0 Å². The Balaban J connectivity index is 0.000000612. The second kappa shape index (κ2) is 11.3. The van der Waals surface area contributed by atoms with Gasteiger partial charge in [-0.2, -0.15) is 0 Å². The van der Waals surface area contributed by atoms with Gasteiger partial charge in [-0.1, -0.05) is 12.5 Å². The van der Waals surface area contributed by atoms with Crippen LogP contribution < -0.4 is 5.32 Å². The van der Waals surface area contributed by atoms with E-state index in [2.05, 4.69) is 27.8 Å². The van der Waals surface area contributed by atoms with Crippen LogP contribution in [0.15, 0.2) is 12.7 Å². The van der Waals surface area contributed by atoms with Crippen molar-refractivity contribution in [2.45, 2.75) is 38.5 Å². The SMILES string of the molecule is C=CCC1CCN(CCN2CCCCC2)CC1.CNC. The molecule has 2 heterocycles. The molecular formula is C17H35N3. The molecule has 3 nitrogen and oxygen atoms in total. The molecular weight excluding hydrogens is 246 g/mol. The number of rotatable bonds is 5. The molecule has 118 valence electrons. The zero-order valence-electron chi connectivity index (χ0n) is 13.7. The Morgan fingerprint density at radius 2 is 1.45 bits per heavy atom. The van der Waals surface area contributed by atoms with Gasteiger partial charge in [0.15, 0.2) is 0 Å². The smallest absolute Gasteiger partial charge is 0.0109 e. The zero-order chi connectivity index (χ0) is 14.6. The molecule has 0 aromatic carbocycles. The Morgan fingerprint density at radius 3 is 1.95 bits per heavy atom. The van der Waals surface area contributed by atoms with Crippen molar-refractivity contribution >= 4 is 0 Å². The molecule has 0 aromatic rings. The number of hydrogen-bond donors (Lipinski definition) is 1. The van der Waals surface area contributed by atoms with E-state index in [9.17, 15) is 0 Å². The van der Waals surface area contributed by atoms with Crippen LogP contribution in [0, 0.1) is 5.92 Å². The van der Waals surface area contributed by atoms with Crippen molar-refractivity contribution in [3.63, 3.8) is 0 Å². The van der Waals surface area contributed by atoms with Crippen molar-refractivity contribution < 1.29 is 0 Å². The van der Waals surface area contributed by atoms with Gasteiger partial charge in [-0.3, -0.25) is 0 Å². The van der Waals surface area contributed by atoms with E-state index in [1.165, 1.54) is 77.8 Å². The highest BCUT2D eigenvalue weighted by molar-refractivity contribution is 4.79. The summed E-state index contributed by atoms with van der Waals surface area (Å²) < 4.78 is 0. The third kappa shape index (κ3) is 7.41. The number of nitrogens with one attached hydrogen (secondary N) is 1. The minimum atomic E-state index is 0.915. The van der Waals surface area contributed by atoms with Crippen molar-refractivity contribution in [1.82, 2.24) is 15.1 Å². The van der Waals surface area contributed by atoms with Gasteiger partial charge < -0.3 is 15.1 Å². The maximum absolute atomic E-state index is 3.85. The predicted molar refractivity (Wildman–Crippen MR) is 89.3 cm³/mol. The first kappa shape index (κ1) is 17.7. The number of hydrogen-bond acceptors (Lipinski definition) is 3. The first-order valence-corrected chi connectivity index (χ1v) is 8.44. The molecule has 20 heavy (non-hydrogen) atoms. The average Bonchev–Trinajstić information content (AvgIpc) is 2.49. The Morgan fingerprint density at radius 1 is 0.950 bits per heavy atom. The van der Waals surface area contributed by atoms with Gasteiger partial charge in [0, 0.05) is 13.1 Å². The highest BCUT2D eigenvalue weighted by Crippen LogP contribution is 2.20. The number of piperidine rings is 2.